The molecule has 1 N–H and O–H groups in total. The number of carbonyl (C=O) groups is 1. The number of anilines is 1. The minimum Gasteiger partial charge on any atom is -0.455 e. The number of nitrogens with one attached hydrogen (secondary N) is 1. The summed E-state index contributed by atoms with van der Waals surface area (Å²) in [6.45, 7) is 1.98. The number of benzene rings is 2. The van der Waals surface area contributed by atoms with Gasteiger partial charge in [0.05, 0.1) is 23.2 Å². The lowest BCUT2D eigenvalue weighted by Crippen LogP contribution is -2.25. The van der Waals surface area contributed by atoms with E-state index in [-0.39, 0.29) is 5.91 Å². The molecule has 1 amide bonds. The van der Waals surface area contributed by atoms with E-state index in [4.69, 9.17) is 9.40 Å². The van der Waals surface area contributed by atoms with Crippen molar-refractivity contribution >= 4 is 38.2 Å². The molecule has 0 radical (unpaired) electrons. The predicted octanol–water partition coefficient (Wildman–Crippen LogP) is 5.54. The van der Waals surface area contributed by atoms with E-state index < -0.39 is 10.0 Å². The first-order valence-electron chi connectivity index (χ1n) is 12.9. The number of rotatable bonds is 6. The summed E-state index contributed by atoms with van der Waals surface area (Å²) in [6, 6.07) is 18.8. The number of sulfonamides is 1. The molecule has 0 aliphatic carbocycles. The third-order valence-corrected chi connectivity index (χ3v) is 8.31. The van der Waals surface area contributed by atoms with Crippen LogP contribution in [0.2, 0.25) is 0 Å². The van der Waals surface area contributed by atoms with E-state index in [9.17, 15) is 13.2 Å². The Morgan fingerprint density at radius 1 is 1.00 bits per heavy atom. The molecule has 10 heteroatoms. The van der Waals surface area contributed by atoms with Crippen LogP contribution in [0, 0.1) is 6.92 Å². The number of fused-ring (bicyclic) bond motifs is 2. The summed E-state index contributed by atoms with van der Waals surface area (Å²) in [5.41, 5.74) is 6.47. The highest BCUT2D eigenvalue weighted by Crippen LogP contribution is 2.41. The fourth-order valence-electron chi connectivity index (χ4n) is 4.86. The number of hydrogen-bond acceptors (Lipinski definition) is 6. The summed E-state index contributed by atoms with van der Waals surface area (Å²) in [4.78, 5) is 22.4. The van der Waals surface area contributed by atoms with E-state index in [1.807, 2.05) is 72.2 Å². The van der Waals surface area contributed by atoms with Gasteiger partial charge < -0.3 is 14.1 Å². The van der Waals surface area contributed by atoms with Crippen molar-refractivity contribution in [1.82, 2.24) is 19.7 Å². The lowest BCUT2D eigenvalue weighted by Gasteiger charge is -2.20. The van der Waals surface area contributed by atoms with E-state index in [1.54, 1.807) is 31.6 Å². The molecule has 0 aliphatic rings. The standard InChI is InChI=1S/C31H27N5O4S/c1-19-8-10-20(11-9-19)30-29(31(37)32-2)24-14-23(26(15-27(24)40-30)35(3)41(4,38)39)21-13-22(17-33-16-21)25-18-36-12-6-5-7-28(36)34-25/h5-18H,1-4H3,(H,32,37). The zero-order valence-corrected chi connectivity index (χ0v) is 23.7. The van der Waals surface area contributed by atoms with Crippen molar-refractivity contribution in [3.63, 3.8) is 0 Å². The van der Waals surface area contributed by atoms with Gasteiger partial charge in [-0.1, -0.05) is 35.9 Å². The molecule has 4 heterocycles. The van der Waals surface area contributed by atoms with Gasteiger partial charge in [-0.3, -0.25) is 14.1 Å². The average molecular weight is 566 g/mol. The smallest absolute Gasteiger partial charge is 0.255 e. The molecular formula is C31H27N5O4S. The Balaban J connectivity index is 1.61. The quantitative estimate of drug-likeness (QED) is 0.284. The van der Waals surface area contributed by atoms with Crippen molar-refractivity contribution in [3.05, 3.63) is 96.6 Å². The average Bonchev–Trinajstić information content (AvgIpc) is 3.57. The molecule has 206 valence electrons. The Morgan fingerprint density at radius 3 is 2.46 bits per heavy atom. The van der Waals surface area contributed by atoms with Gasteiger partial charge in [0.25, 0.3) is 5.91 Å². The van der Waals surface area contributed by atoms with Crippen molar-refractivity contribution in [3.8, 4) is 33.7 Å². The topological polar surface area (TPSA) is 110 Å². The molecule has 0 bridgehead atoms. The molecule has 0 fully saturated rings. The molecule has 4 aromatic heterocycles. The molecule has 0 spiro atoms. The van der Waals surface area contributed by atoms with Crippen LogP contribution in [0.15, 0.2) is 89.9 Å². The van der Waals surface area contributed by atoms with E-state index >= 15 is 0 Å². The number of imidazole rings is 1. The molecule has 0 saturated carbocycles. The number of amides is 1. The maximum Gasteiger partial charge on any atom is 0.255 e. The summed E-state index contributed by atoms with van der Waals surface area (Å²) >= 11 is 0. The van der Waals surface area contributed by atoms with Crippen LogP contribution in [0.5, 0.6) is 0 Å². The minimum absolute atomic E-state index is 0.314. The molecule has 9 nitrogen and oxygen atoms in total. The minimum atomic E-state index is -3.64. The Labute approximate surface area is 237 Å². The van der Waals surface area contributed by atoms with Crippen LogP contribution in [0.4, 0.5) is 5.69 Å². The molecular weight excluding hydrogens is 538 g/mol. The first-order valence-corrected chi connectivity index (χ1v) is 14.7. The van der Waals surface area contributed by atoms with Gasteiger partial charge in [0, 0.05) is 72.6 Å². The molecule has 0 aliphatic heterocycles. The Kier molecular flexibility index (Phi) is 6.34. The number of hydrogen-bond donors (Lipinski definition) is 1. The van der Waals surface area contributed by atoms with E-state index in [0.717, 1.165) is 34.3 Å². The number of pyridine rings is 2. The van der Waals surface area contributed by atoms with E-state index in [1.165, 1.54) is 11.4 Å². The maximum atomic E-state index is 13.2. The van der Waals surface area contributed by atoms with Crippen LogP contribution in [-0.4, -0.2) is 49.0 Å². The van der Waals surface area contributed by atoms with Gasteiger partial charge in [0.1, 0.15) is 17.0 Å². The van der Waals surface area contributed by atoms with E-state index in [2.05, 4.69) is 10.3 Å². The number of nitrogens with zero attached hydrogens (tertiary/aromatic N) is 4. The Hall–Kier alpha value is -4.96. The van der Waals surface area contributed by atoms with Crippen molar-refractivity contribution in [2.45, 2.75) is 6.92 Å². The molecule has 6 rings (SSSR count). The number of furan rings is 1. The monoisotopic (exact) mass is 565 g/mol. The maximum absolute atomic E-state index is 13.2. The third-order valence-electron chi connectivity index (χ3n) is 7.12. The van der Waals surface area contributed by atoms with Gasteiger partial charge in [-0.2, -0.15) is 0 Å². The Bertz CT molecular complexity index is 2030. The normalized spacial score (nSPS) is 11.7. The van der Waals surface area contributed by atoms with Gasteiger partial charge in [0.2, 0.25) is 10.0 Å². The van der Waals surface area contributed by atoms with Gasteiger partial charge in [-0.05, 0) is 31.2 Å². The second kappa shape index (κ2) is 9.90. The zero-order chi connectivity index (χ0) is 28.9. The van der Waals surface area contributed by atoms with Gasteiger partial charge in [-0.25, -0.2) is 13.4 Å². The number of carbonyl (C=O) groups excluding carboxylic acids is 1. The highest BCUT2D eigenvalue weighted by molar-refractivity contribution is 7.92. The number of aryl methyl sites for hydroxylation is 1. The summed E-state index contributed by atoms with van der Waals surface area (Å²) in [7, 11) is -0.586. The highest BCUT2D eigenvalue weighted by atomic mass is 32.2. The van der Waals surface area contributed by atoms with Gasteiger partial charge in [0.15, 0.2) is 0 Å². The predicted molar refractivity (Wildman–Crippen MR) is 160 cm³/mol. The van der Waals surface area contributed by atoms with Crippen molar-refractivity contribution < 1.29 is 17.6 Å². The molecule has 0 unspecified atom stereocenters. The second-order valence-corrected chi connectivity index (χ2v) is 11.9. The largest absolute Gasteiger partial charge is 0.455 e. The van der Waals surface area contributed by atoms with Crippen LogP contribution in [0.3, 0.4) is 0 Å². The van der Waals surface area contributed by atoms with Crippen LogP contribution in [0.25, 0.3) is 50.3 Å². The SMILES string of the molecule is CNC(=O)c1c(-c2ccc(C)cc2)oc2cc(N(C)S(C)(=O)=O)c(-c3cncc(-c4cn5ccccc5n4)c3)cc12. The molecule has 6 aromatic rings. The summed E-state index contributed by atoms with van der Waals surface area (Å²) in [6.07, 6.45) is 8.35. The summed E-state index contributed by atoms with van der Waals surface area (Å²) in [5, 5.41) is 3.27. The van der Waals surface area contributed by atoms with Crippen molar-refractivity contribution in [2.24, 2.45) is 0 Å². The third kappa shape index (κ3) is 4.72. The Morgan fingerprint density at radius 2 is 1.76 bits per heavy atom. The van der Waals surface area contributed by atoms with Crippen LogP contribution in [0.1, 0.15) is 15.9 Å². The fraction of sp³-hybridized carbons (Fsp3) is 0.129. The zero-order valence-electron chi connectivity index (χ0n) is 22.9. The lowest BCUT2D eigenvalue weighted by atomic mass is 9.98. The first-order chi connectivity index (χ1) is 19.6. The van der Waals surface area contributed by atoms with Crippen LogP contribution < -0.4 is 9.62 Å². The van der Waals surface area contributed by atoms with Crippen molar-refractivity contribution in [1.29, 1.82) is 0 Å². The van der Waals surface area contributed by atoms with Gasteiger partial charge >= 0.3 is 0 Å². The second-order valence-electron chi connectivity index (χ2n) is 9.90. The first kappa shape index (κ1) is 26.3. The van der Waals surface area contributed by atoms with Crippen LogP contribution >= 0.6 is 0 Å². The highest BCUT2D eigenvalue weighted by Gasteiger charge is 2.26. The summed E-state index contributed by atoms with van der Waals surface area (Å²) in [5.74, 6) is 0.0899. The van der Waals surface area contributed by atoms with Gasteiger partial charge in [-0.15, -0.1) is 0 Å². The molecule has 0 saturated heterocycles. The molecule has 0 atom stereocenters. The van der Waals surface area contributed by atoms with Crippen molar-refractivity contribution in [2.75, 3.05) is 24.7 Å². The number of aromatic nitrogens is 3. The fourth-order valence-corrected chi connectivity index (χ4v) is 5.37. The van der Waals surface area contributed by atoms with Crippen LogP contribution in [-0.2, 0) is 10.0 Å². The van der Waals surface area contributed by atoms with E-state index in [0.29, 0.717) is 39.1 Å². The lowest BCUT2D eigenvalue weighted by molar-refractivity contribution is 0.0964. The molecule has 2 aromatic carbocycles. The molecule has 41 heavy (non-hydrogen) atoms. The summed E-state index contributed by atoms with van der Waals surface area (Å²) < 4.78 is 34.8.